The molecular formula is C26H35N7O4S. The molecule has 2 amide bonds. The number of carbonyl (C=O) groups is 1. The second kappa shape index (κ2) is 10.2. The topological polar surface area (TPSA) is 138 Å². The zero-order chi connectivity index (χ0) is 27.1. The Hall–Kier alpha value is -3.19. The van der Waals surface area contributed by atoms with Crippen LogP contribution in [0.25, 0.3) is 11.4 Å². The van der Waals surface area contributed by atoms with E-state index in [4.69, 9.17) is 14.7 Å². The van der Waals surface area contributed by atoms with Crippen molar-refractivity contribution in [3.63, 3.8) is 0 Å². The van der Waals surface area contributed by atoms with Crippen molar-refractivity contribution in [1.82, 2.24) is 19.7 Å². The molecule has 11 nitrogen and oxygen atoms in total. The van der Waals surface area contributed by atoms with Crippen LogP contribution in [0.15, 0.2) is 42.7 Å². The number of nitrogens with zero attached hydrogens (tertiary/aromatic N) is 5. The molecule has 4 N–H and O–H groups in total. The van der Waals surface area contributed by atoms with E-state index in [1.54, 1.807) is 36.3 Å². The van der Waals surface area contributed by atoms with Crippen LogP contribution in [0.3, 0.4) is 0 Å². The van der Waals surface area contributed by atoms with Gasteiger partial charge in [-0.3, -0.25) is 13.8 Å². The van der Waals surface area contributed by atoms with Crippen LogP contribution in [0.5, 0.6) is 0 Å². The van der Waals surface area contributed by atoms with Gasteiger partial charge in [0, 0.05) is 42.4 Å². The number of hydrogen-bond donors (Lipinski definition) is 4. The molecule has 0 radical (unpaired) electrons. The molecule has 2 aromatic heterocycles. The average Bonchev–Trinajstić information content (AvgIpc) is 3.67. The Balaban J connectivity index is 1.44. The Morgan fingerprint density at radius 2 is 1.84 bits per heavy atom. The number of nitrogens with one attached hydrogen (secondary N) is 2. The number of ether oxygens (including phenoxy) is 1. The summed E-state index contributed by atoms with van der Waals surface area (Å²) >= 11 is 0. The van der Waals surface area contributed by atoms with Gasteiger partial charge in [0.1, 0.15) is 5.82 Å². The first-order chi connectivity index (χ1) is 18.0. The van der Waals surface area contributed by atoms with Gasteiger partial charge >= 0.3 is 6.03 Å². The SMILES string of the molecule is C[C@H]1COCCN1c1cc(C(C)(C)S(O)(O)C2CC2)nc(-c2ccc(NC(=O)Nc3cnn(C)c3)cc2)n1. The van der Waals surface area contributed by atoms with Crippen molar-refractivity contribution >= 4 is 33.8 Å². The Kier molecular flexibility index (Phi) is 7.07. The summed E-state index contributed by atoms with van der Waals surface area (Å²) in [6, 6.07) is 8.90. The first-order valence-electron chi connectivity index (χ1n) is 12.7. The third-order valence-corrected chi connectivity index (χ3v) is 10.2. The number of carbonyl (C=O) groups excluding carboxylic acids is 1. The molecule has 2 aliphatic rings. The number of rotatable bonds is 7. The molecule has 3 heterocycles. The van der Waals surface area contributed by atoms with Crippen LogP contribution in [0.2, 0.25) is 0 Å². The molecule has 0 unspecified atom stereocenters. The van der Waals surface area contributed by atoms with Crippen molar-refractivity contribution in [3.8, 4) is 11.4 Å². The van der Waals surface area contributed by atoms with E-state index in [1.165, 1.54) is 0 Å². The molecule has 0 spiro atoms. The number of aromatic nitrogens is 4. The number of anilines is 3. The number of hydrogen-bond acceptors (Lipinski definition) is 8. The maximum absolute atomic E-state index is 12.4. The largest absolute Gasteiger partial charge is 0.377 e. The van der Waals surface area contributed by atoms with Gasteiger partial charge in [0.05, 0.1) is 41.6 Å². The number of amides is 2. The molecule has 5 rings (SSSR count). The van der Waals surface area contributed by atoms with Gasteiger partial charge in [0.25, 0.3) is 0 Å². The lowest BCUT2D eigenvalue weighted by atomic mass is 10.1. The lowest BCUT2D eigenvalue weighted by Gasteiger charge is -2.47. The van der Waals surface area contributed by atoms with Gasteiger partial charge in [-0.15, -0.1) is 0 Å². The van der Waals surface area contributed by atoms with Crippen LogP contribution < -0.4 is 15.5 Å². The first-order valence-corrected chi connectivity index (χ1v) is 14.3. The Labute approximate surface area is 224 Å². The molecular weight excluding hydrogens is 506 g/mol. The highest BCUT2D eigenvalue weighted by atomic mass is 32.3. The van der Waals surface area contributed by atoms with Crippen molar-refractivity contribution in [2.45, 2.75) is 49.7 Å². The predicted octanol–water partition coefficient (Wildman–Crippen LogP) is 4.89. The highest BCUT2D eigenvalue weighted by Crippen LogP contribution is 2.67. The fourth-order valence-corrected chi connectivity index (χ4v) is 6.57. The fraction of sp³-hybridized carbons (Fsp3) is 0.462. The Bertz CT molecular complexity index is 1310. The van der Waals surface area contributed by atoms with Crippen LogP contribution in [0.4, 0.5) is 22.0 Å². The predicted molar refractivity (Wildman–Crippen MR) is 150 cm³/mol. The molecule has 2 fully saturated rings. The van der Waals surface area contributed by atoms with Gasteiger partial charge in [-0.05, 0) is 57.9 Å². The average molecular weight is 542 g/mol. The van der Waals surface area contributed by atoms with Crippen LogP contribution in [0.1, 0.15) is 39.3 Å². The summed E-state index contributed by atoms with van der Waals surface area (Å²) in [6.45, 7) is 7.67. The van der Waals surface area contributed by atoms with E-state index in [9.17, 15) is 13.9 Å². The normalized spacial score (nSPS) is 18.8. The third-order valence-electron chi connectivity index (χ3n) is 7.10. The molecule has 0 bridgehead atoms. The number of benzene rings is 1. The summed E-state index contributed by atoms with van der Waals surface area (Å²) < 4.78 is 28.6. The van der Waals surface area contributed by atoms with Crippen molar-refractivity contribution in [2.75, 3.05) is 35.3 Å². The first kappa shape index (κ1) is 26.4. The van der Waals surface area contributed by atoms with Gasteiger partial charge in [-0.25, -0.2) is 14.8 Å². The number of aryl methyl sites for hydroxylation is 1. The van der Waals surface area contributed by atoms with Crippen molar-refractivity contribution in [3.05, 3.63) is 48.4 Å². The fourth-order valence-electron chi connectivity index (χ4n) is 4.54. The van der Waals surface area contributed by atoms with Crippen molar-refractivity contribution < 1.29 is 18.6 Å². The maximum atomic E-state index is 12.4. The molecule has 1 aliphatic carbocycles. The molecule has 1 atom stereocenters. The van der Waals surface area contributed by atoms with Crippen LogP contribution in [0, 0.1) is 0 Å². The molecule has 204 valence electrons. The van der Waals surface area contributed by atoms with E-state index in [0.29, 0.717) is 42.7 Å². The molecule has 3 aromatic rings. The van der Waals surface area contributed by atoms with E-state index in [0.717, 1.165) is 24.2 Å². The molecule has 1 saturated carbocycles. The van der Waals surface area contributed by atoms with Crippen LogP contribution >= 0.6 is 10.6 Å². The monoisotopic (exact) mass is 541 g/mol. The summed E-state index contributed by atoms with van der Waals surface area (Å²) in [5.74, 6) is 1.22. The summed E-state index contributed by atoms with van der Waals surface area (Å²) in [5, 5.41) is 9.50. The van der Waals surface area contributed by atoms with E-state index in [2.05, 4.69) is 27.6 Å². The highest BCUT2D eigenvalue weighted by Gasteiger charge is 2.48. The lowest BCUT2D eigenvalue weighted by molar-refractivity contribution is 0.0985. The number of morpholine rings is 1. The standard InChI is InChI=1S/C26H35N7O4S/c1-17-16-37-12-11-33(17)23-13-22(26(2,3)38(35,36)21-9-10-21)30-24(31-23)18-5-7-19(8-6-18)28-25(34)29-20-14-27-32(4)15-20/h5-8,13-15,17,21,35-36H,9-12,16H2,1-4H3,(H2,28,29,34)/t17-/m0/s1. The molecule has 1 aromatic carbocycles. The smallest absolute Gasteiger partial charge is 0.323 e. The number of urea groups is 1. The molecule has 1 aliphatic heterocycles. The minimum atomic E-state index is -2.92. The highest BCUT2D eigenvalue weighted by molar-refractivity contribution is 8.25. The van der Waals surface area contributed by atoms with E-state index in [-0.39, 0.29) is 17.3 Å². The minimum absolute atomic E-state index is 0.0927. The van der Waals surface area contributed by atoms with Gasteiger partial charge in [-0.2, -0.15) is 15.7 Å². The van der Waals surface area contributed by atoms with E-state index < -0.39 is 15.3 Å². The molecule has 1 saturated heterocycles. The van der Waals surface area contributed by atoms with Gasteiger partial charge < -0.3 is 20.3 Å². The summed E-state index contributed by atoms with van der Waals surface area (Å²) in [5.41, 5.74) is 2.56. The maximum Gasteiger partial charge on any atom is 0.323 e. The van der Waals surface area contributed by atoms with E-state index >= 15 is 0 Å². The summed E-state index contributed by atoms with van der Waals surface area (Å²) in [7, 11) is -1.14. The van der Waals surface area contributed by atoms with Crippen LogP contribution in [-0.2, 0) is 16.5 Å². The Morgan fingerprint density at radius 3 is 2.47 bits per heavy atom. The lowest BCUT2D eigenvalue weighted by Crippen LogP contribution is -2.44. The summed E-state index contributed by atoms with van der Waals surface area (Å²) in [4.78, 5) is 24.3. The quantitative estimate of drug-likeness (QED) is 0.332. The van der Waals surface area contributed by atoms with Crippen molar-refractivity contribution in [1.29, 1.82) is 0 Å². The van der Waals surface area contributed by atoms with Gasteiger partial charge in [0.15, 0.2) is 5.82 Å². The summed E-state index contributed by atoms with van der Waals surface area (Å²) in [6.07, 6.45) is 4.92. The molecule has 12 heteroatoms. The second-order valence-corrected chi connectivity index (χ2v) is 13.3. The van der Waals surface area contributed by atoms with E-state index in [1.807, 2.05) is 32.0 Å². The van der Waals surface area contributed by atoms with Gasteiger partial charge in [0.2, 0.25) is 0 Å². The Morgan fingerprint density at radius 1 is 1.13 bits per heavy atom. The zero-order valence-corrected chi connectivity index (χ0v) is 22.9. The minimum Gasteiger partial charge on any atom is -0.377 e. The van der Waals surface area contributed by atoms with Crippen LogP contribution in [-0.4, -0.2) is 65.9 Å². The van der Waals surface area contributed by atoms with Crippen molar-refractivity contribution in [2.24, 2.45) is 7.05 Å². The van der Waals surface area contributed by atoms with Gasteiger partial charge in [-0.1, -0.05) is 0 Å². The second-order valence-electron chi connectivity index (χ2n) is 10.4. The zero-order valence-electron chi connectivity index (χ0n) is 22.1. The third kappa shape index (κ3) is 5.35. The molecule has 38 heavy (non-hydrogen) atoms.